The van der Waals surface area contributed by atoms with E-state index in [1.807, 2.05) is 6.92 Å². The molecule has 0 spiro atoms. The van der Waals surface area contributed by atoms with Crippen LogP contribution in [0, 0.1) is 6.92 Å². The highest BCUT2D eigenvalue weighted by Gasteiger charge is 2.27. The van der Waals surface area contributed by atoms with E-state index in [4.69, 9.17) is 17.3 Å². The van der Waals surface area contributed by atoms with Gasteiger partial charge in [-0.2, -0.15) is 0 Å². The molecule has 0 bridgehead atoms. The van der Waals surface area contributed by atoms with Crippen molar-refractivity contribution >= 4 is 22.5 Å². The van der Waals surface area contributed by atoms with Gasteiger partial charge in [0.25, 0.3) is 0 Å². The molecule has 1 fully saturated rings. The van der Waals surface area contributed by atoms with Crippen molar-refractivity contribution in [2.45, 2.75) is 38.1 Å². The van der Waals surface area contributed by atoms with Gasteiger partial charge in [0.15, 0.2) is 0 Å². The summed E-state index contributed by atoms with van der Waals surface area (Å²) in [7, 11) is 0. The lowest BCUT2D eigenvalue weighted by Gasteiger charge is -2.14. The largest absolute Gasteiger partial charge is 0.360 e. The number of hydrogen-bond donors (Lipinski definition) is 2. The molecule has 2 atom stereocenters. The first kappa shape index (κ1) is 11.1. The number of aromatic nitrogens is 1. The summed E-state index contributed by atoms with van der Waals surface area (Å²) in [5.74, 6) is 0.488. The summed E-state index contributed by atoms with van der Waals surface area (Å²) in [6, 6.07) is 4.55. The first-order valence-electron chi connectivity index (χ1n) is 6.20. The van der Waals surface area contributed by atoms with Crippen molar-refractivity contribution in [1.29, 1.82) is 0 Å². The summed E-state index contributed by atoms with van der Waals surface area (Å²) < 4.78 is 0. The molecule has 1 aromatic heterocycles. The Labute approximate surface area is 106 Å². The second-order valence-electron chi connectivity index (χ2n) is 5.06. The molecule has 1 heterocycles. The lowest BCUT2D eigenvalue weighted by Crippen LogP contribution is -2.22. The van der Waals surface area contributed by atoms with Crippen LogP contribution in [0.4, 0.5) is 0 Å². The fraction of sp³-hybridized carbons (Fsp3) is 0.429. The van der Waals surface area contributed by atoms with Crippen LogP contribution in [0.2, 0.25) is 5.02 Å². The van der Waals surface area contributed by atoms with Gasteiger partial charge in [-0.1, -0.05) is 30.2 Å². The van der Waals surface area contributed by atoms with E-state index in [2.05, 4.69) is 23.3 Å². The fourth-order valence-electron chi connectivity index (χ4n) is 2.97. The molecule has 90 valence electrons. The first-order chi connectivity index (χ1) is 8.18. The minimum absolute atomic E-state index is 0.300. The van der Waals surface area contributed by atoms with E-state index in [1.54, 1.807) is 0 Å². The zero-order valence-electron chi connectivity index (χ0n) is 9.96. The Balaban J connectivity index is 2.15. The molecule has 2 nitrogen and oxygen atoms in total. The van der Waals surface area contributed by atoms with Crippen LogP contribution in [0.25, 0.3) is 10.9 Å². The number of halogens is 1. The van der Waals surface area contributed by atoms with E-state index in [9.17, 15) is 0 Å². The van der Waals surface area contributed by atoms with Crippen molar-refractivity contribution in [2.75, 3.05) is 0 Å². The van der Waals surface area contributed by atoms with Gasteiger partial charge < -0.3 is 10.7 Å². The molecule has 0 radical (unpaired) electrons. The normalized spacial score (nSPS) is 24.6. The summed E-state index contributed by atoms with van der Waals surface area (Å²) in [5.41, 5.74) is 9.69. The van der Waals surface area contributed by atoms with Gasteiger partial charge in [0.05, 0.1) is 10.5 Å². The topological polar surface area (TPSA) is 41.8 Å². The second-order valence-corrected chi connectivity index (χ2v) is 5.44. The van der Waals surface area contributed by atoms with E-state index in [-0.39, 0.29) is 0 Å². The Hall–Kier alpha value is -0.990. The smallest absolute Gasteiger partial charge is 0.0676 e. The van der Waals surface area contributed by atoms with Gasteiger partial charge in [-0.3, -0.25) is 0 Å². The van der Waals surface area contributed by atoms with E-state index >= 15 is 0 Å². The van der Waals surface area contributed by atoms with Crippen molar-refractivity contribution < 1.29 is 0 Å². The second kappa shape index (κ2) is 4.04. The van der Waals surface area contributed by atoms with Gasteiger partial charge in [0, 0.05) is 23.5 Å². The molecule has 3 N–H and O–H groups in total. The maximum atomic E-state index is 6.32. The number of rotatable bonds is 1. The van der Waals surface area contributed by atoms with Crippen molar-refractivity contribution in [3.63, 3.8) is 0 Å². The number of nitrogens with two attached hydrogens (primary N) is 1. The molecule has 1 aromatic carbocycles. The first-order valence-corrected chi connectivity index (χ1v) is 6.58. The molecule has 2 aromatic rings. The maximum absolute atomic E-state index is 6.32. The molecule has 3 heteroatoms. The van der Waals surface area contributed by atoms with Crippen molar-refractivity contribution in [3.05, 3.63) is 34.5 Å². The third-order valence-electron chi connectivity index (χ3n) is 3.99. The van der Waals surface area contributed by atoms with Crippen molar-refractivity contribution in [2.24, 2.45) is 5.73 Å². The standard InChI is InChI=1S/C14H17ClN2/c1-8-5-6-10-11(7-17-14(10)13(8)15)9-3-2-4-12(9)16/h5-7,9,12,17H,2-4,16H2,1H3. The third-order valence-corrected chi connectivity index (χ3v) is 4.47. The number of H-pyrrole nitrogens is 1. The number of fused-ring (bicyclic) bond motifs is 1. The average molecular weight is 249 g/mol. The number of aryl methyl sites for hydroxylation is 1. The SMILES string of the molecule is Cc1ccc2c(C3CCCC3N)c[nH]c2c1Cl. The van der Waals surface area contributed by atoms with E-state index in [0.717, 1.165) is 22.5 Å². The van der Waals surface area contributed by atoms with Crippen LogP contribution in [-0.4, -0.2) is 11.0 Å². The van der Waals surface area contributed by atoms with Gasteiger partial charge in [-0.25, -0.2) is 0 Å². The molecule has 0 amide bonds. The fourth-order valence-corrected chi connectivity index (χ4v) is 3.19. The Bertz CT molecular complexity index is 559. The van der Waals surface area contributed by atoms with Crippen LogP contribution in [0.3, 0.4) is 0 Å². The van der Waals surface area contributed by atoms with E-state index in [0.29, 0.717) is 12.0 Å². The minimum atomic E-state index is 0.300. The van der Waals surface area contributed by atoms with Crippen molar-refractivity contribution in [1.82, 2.24) is 4.98 Å². The monoisotopic (exact) mass is 248 g/mol. The summed E-state index contributed by atoms with van der Waals surface area (Å²) >= 11 is 6.32. The summed E-state index contributed by atoms with van der Waals surface area (Å²) in [5, 5.41) is 2.07. The third kappa shape index (κ3) is 1.67. The molecule has 2 unspecified atom stereocenters. The molecular weight excluding hydrogens is 232 g/mol. The van der Waals surface area contributed by atoms with Crippen LogP contribution in [-0.2, 0) is 0 Å². The minimum Gasteiger partial charge on any atom is -0.360 e. The Morgan fingerprint density at radius 1 is 1.35 bits per heavy atom. The van der Waals surface area contributed by atoms with E-state index < -0.39 is 0 Å². The maximum Gasteiger partial charge on any atom is 0.0676 e. The highest BCUT2D eigenvalue weighted by molar-refractivity contribution is 6.36. The highest BCUT2D eigenvalue weighted by Crippen LogP contribution is 2.39. The van der Waals surface area contributed by atoms with Crippen LogP contribution < -0.4 is 5.73 Å². The number of nitrogens with one attached hydrogen (secondary N) is 1. The zero-order valence-corrected chi connectivity index (χ0v) is 10.7. The van der Waals surface area contributed by atoms with Gasteiger partial charge in [0.1, 0.15) is 0 Å². The zero-order chi connectivity index (χ0) is 12.0. The summed E-state index contributed by atoms with van der Waals surface area (Å²) in [6.07, 6.45) is 5.65. The molecule has 1 aliphatic carbocycles. The molecule has 1 aliphatic rings. The molecule has 1 saturated carbocycles. The number of benzene rings is 1. The average Bonchev–Trinajstić information content (AvgIpc) is 2.89. The van der Waals surface area contributed by atoms with Crippen LogP contribution in [0.1, 0.15) is 36.3 Å². The Kier molecular flexibility index (Phi) is 2.64. The predicted molar refractivity (Wildman–Crippen MR) is 72.6 cm³/mol. The number of hydrogen-bond acceptors (Lipinski definition) is 1. The van der Waals surface area contributed by atoms with Gasteiger partial charge in [-0.15, -0.1) is 0 Å². The molecule has 0 saturated heterocycles. The van der Waals surface area contributed by atoms with Crippen LogP contribution in [0.5, 0.6) is 0 Å². The van der Waals surface area contributed by atoms with Crippen molar-refractivity contribution in [3.8, 4) is 0 Å². The van der Waals surface area contributed by atoms with Gasteiger partial charge in [0.2, 0.25) is 0 Å². The summed E-state index contributed by atoms with van der Waals surface area (Å²) in [4.78, 5) is 3.31. The Morgan fingerprint density at radius 2 is 2.18 bits per heavy atom. The lowest BCUT2D eigenvalue weighted by molar-refractivity contribution is 0.616. The predicted octanol–water partition coefficient (Wildman–Crippen LogP) is 3.72. The van der Waals surface area contributed by atoms with Crippen LogP contribution in [0.15, 0.2) is 18.3 Å². The quantitative estimate of drug-likeness (QED) is 0.794. The highest BCUT2D eigenvalue weighted by atomic mass is 35.5. The molecule has 3 rings (SSSR count). The molecule has 17 heavy (non-hydrogen) atoms. The van der Waals surface area contributed by atoms with Gasteiger partial charge >= 0.3 is 0 Å². The summed E-state index contributed by atoms with van der Waals surface area (Å²) in [6.45, 7) is 2.03. The Morgan fingerprint density at radius 3 is 2.88 bits per heavy atom. The van der Waals surface area contributed by atoms with E-state index in [1.165, 1.54) is 23.8 Å². The lowest BCUT2D eigenvalue weighted by atomic mass is 9.94. The molecular formula is C14H17ClN2. The molecule has 0 aliphatic heterocycles. The van der Waals surface area contributed by atoms with Crippen LogP contribution >= 0.6 is 11.6 Å². The number of aromatic amines is 1. The van der Waals surface area contributed by atoms with Gasteiger partial charge in [-0.05, 0) is 30.9 Å².